The minimum absolute atomic E-state index is 0.143. The van der Waals surface area contributed by atoms with E-state index in [9.17, 15) is 24.3 Å². The second-order valence-electron chi connectivity index (χ2n) is 7.14. The Bertz CT molecular complexity index is 991. The standard InChI is InChI=1S/C21H19N3O5/c1-12(20(27)28)22-18(25)14-7-4-8-16(9-14)24-19(26)17-10-13-5-2-3-6-15(13)11-23(17)21(24)29/h2-9,12,17H,10-11H2,1H3,(H,22,25)(H,27,28)/p-1/t12-,17-/m0/s1. The van der Waals surface area contributed by atoms with Gasteiger partial charge in [-0.1, -0.05) is 30.3 Å². The highest BCUT2D eigenvalue weighted by Gasteiger charge is 2.47. The first-order valence-electron chi connectivity index (χ1n) is 9.20. The number of nitrogens with one attached hydrogen (secondary N) is 1. The van der Waals surface area contributed by atoms with Crippen molar-refractivity contribution in [2.24, 2.45) is 0 Å². The van der Waals surface area contributed by atoms with Crippen LogP contribution < -0.4 is 15.3 Å². The maximum absolute atomic E-state index is 13.0. The Kier molecular flexibility index (Phi) is 4.54. The van der Waals surface area contributed by atoms with Gasteiger partial charge in [-0.3, -0.25) is 9.59 Å². The molecule has 1 saturated heterocycles. The zero-order chi connectivity index (χ0) is 20.7. The van der Waals surface area contributed by atoms with Crippen LogP contribution in [0.2, 0.25) is 0 Å². The van der Waals surface area contributed by atoms with E-state index in [1.807, 2.05) is 24.3 Å². The van der Waals surface area contributed by atoms with Crippen LogP contribution in [-0.2, 0) is 22.6 Å². The van der Waals surface area contributed by atoms with Gasteiger partial charge in [0.15, 0.2) is 0 Å². The zero-order valence-electron chi connectivity index (χ0n) is 15.6. The van der Waals surface area contributed by atoms with Crippen molar-refractivity contribution in [3.63, 3.8) is 0 Å². The maximum atomic E-state index is 13.0. The summed E-state index contributed by atoms with van der Waals surface area (Å²) in [5.41, 5.74) is 2.47. The second kappa shape index (κ2) is 7.05. The van der Waals surface area contributed by atoms with Crippen LogP contribution in [-0.4, -0.2) is 40.8 Å². The molecule has 4 amide bonds. The lowest BCUT2D eigenvalue weighted by molar-refractivity contribution is -0.307. The second-order valence-corrected chi connectivity index (χ2v) is 7.14. The molecule has 0 saturated carbocycles. The van der Waals surface area contributed by atoms with Gasteiger partial charge >= 0.3 is 6.03 Å². The van der Waals surface area contributed by atoms with Crippen LogP contribution in [0, 0.1) is 0 Å². The van der Waals surface area contributed by atoms with Gasteiger partial charge in [0.1, 0.15) is 6.04 Å². The summed E-state index contributed by atoms with van der Waals surface area (Å²) in [7, 11) is 0. The van der Waals surface area contributed by atoms with E-state index in [1.165, 1.54) is 24.0 Å². The lowest BCUT2D eigenvalue weighted by atomic mass is 9.95. The van der Waals surface area contributed by atoms with Gasteiger partial charge in [-0.25, -0.2) is 9.69 Å². The Balaban J connectivity index is 1.60. The highest BCUT2D eigenvalue weighted by atomic mass is 16.4. The molecule has 2 aromatic carbocycles. The average molecular weight is 392 g/mol. The van der Waals surface area contributed by atoms with Crippen LogP contribution in [0.4, 0.5) is 10.5 Å². The van der Waals surface area contributed by atoms with Gasteiger partial charge in [0, 0.05) is 18.5 Å². The summed E-state index contributed by atoms with van der Waals surface area (Å²) >= 11 is 0. The van der Waals surface area contributed by atoms with Crippen LogP contribution in [0.25, 0.3) is 0 Å². The number of benzene rings is 2. The maximum Gasteiger partial charge on any atom is 0.332 e. The number of nitrogens with zero attached hydrogens (tertiary/aromatic N) is 2. The largest absolute Gasteiger partial charge is 0.548 e. The number of fused-ring (bicyclic) bond motifs is 2. The Morgan fingerprint density at radius 3 is 2.55 bits per heavy atom. The van der Waals surface area contributed by atoms with E-state index in [1.54, 1.807) is 12.1 Å². The highest BCUT2D eigenvalue weighted by molar-refractivity contribution is 6.21. The molecule has 0 spiro atoms. The van der Waals surface area contributed by atoms with E-state index >= 15 is 0 Å². The molecule has 2 aliphatic rings. The summed E-state index contributed by atoms with van der Waals surface area (Å²) in [5, 5.41) is 13.1. The fraction of sp³-hybridized carbons (Fsp3) is 0.238. The van der Waals surface area contributed by atoms with Gasteiger partial charge in [-0.2, -0.15) is 0 Å². The first-order chi connectivity index (χ1) is 13.9. The zero-order valence-corrected chi connectivity index (χ0v) is 15.6. The molecular weight excluding hydrogens is 374 g/mol. The van der Waals surface area contributed by atoms with Crippen LogP contribution >= 0.6 is 0 Å². The number of carboxylic acid groups (broad SMARTS) is 1. The van der Waals surface area contributed by atoms with E-state index < -0.39 is 30.0 Å². The first-order valence-corrected chi connectivity index (χ1v) is 9.20. The monoisotopic (exact) mass is 392 g/mol. The number of carbonyl (C=O) groups excluding carboxylic acids is 4. The number of anilines is 1. The number of imide groups is 1. The molecule has 2 aromatic rings. The number of urea groups is 1. The Hall–Kier alpha value is -3.68. The fourth-order valence-corrected chi connectivity index (χ4v) is 3.68. The van der Waals surface area contributed by atoms with Crippen molar-refractivity contribution >= 4 is 29.5 Å². The normalized spacial score (nSPS) is 18.9. The van der Waals surface area contributed by atoms with Crippen molar-refractivity contribution in [3.8, 4) is 0 Å². The van der Waals surface area contributed by atoms with Gasteiger partial charge in [0.05, 0.1) is 17.7 Å². The minimum Gasteiger partial charge on any atom is -0.548 e. The number of hydrogen-bond acceptors (Lipinski definition) is 5. The number of carbonyl (C=O) groups is 4. The summed E-state index contributed by atoms with van der Waals surface area (Å²) in [5.74, 6) is -2.38. The predicted molar refractivity (Wildman–Crippen MR) is 101 cm³/mol. The molecule has 4 rings (SSSR count). The lowest BCUT2D eigenvalue weighted by Gasteiger charge is -2.28. The molecule has 0 unspecified atom stereocenters. The number of carboxylic acids is 1. The number of amides is 4. The topological polar surface area (TPSA) is 110 Å². The molecule has 0 radical (unpaired) electrons. The molecule has 2 heterocycles. The third-order valence-corrected chi connectivity index (χ3v) is 5.26. The molecule has 8 heteroatoms. The molecule has 8 nitrogen and oxygen atoms in total. The fourth-order valence-electron chi connectivity index (χ4n) is 3.68. The van der Waals surface area contributed by atoms with Crippen molar-refractivity contribution < 1.29 is 24.3 Å². The van der Waals surface area contributed by atoms with Crippen LogP contribution in [0.15, 0.2) is 48.5 Å². The number of aliphatic carboxylic acids is 1. The van der Waals surface area contributed by atoms with Crippen LogP contribution in [0.5, 0.6) is 0 Å². The van der Waals surface area contributed by atoms with Gasteiger partial charge < -0.3 is 20.1 Å². The summed E-state index contributed by atoms with van der Waals surface area (Å²) in [4.78, 5) is 51.7. The highest BCUT2D eigenvalue weighted by Crippen LogP contribution is 2.33. The molecule has 0 aromatic heterocycles. The van der Waals surface area contributed by atoms with E-state index in [4.69, 9.17) is 0 Å². The minimum atomic E-state index is -1.41. The third-order valence-electron chi connectivity index (χ3n) is 5.26. The van der Waals surface area contributed by atoms with Crippen molar-refractivity contribution in [1.82, 2.24) is 10.2 Å². The van der Waals surface area contributed by atoms with Crippen molar-refractivity contribution in [3.05, 3.63) is 65.2 Å². The number of hydrogen-bond donors (Lipinski definition) is 1. The predicted octanol–water partition coefficient (Wildman–Crippen LogP) is 0.448. The third kappa shape index (κ3) is 3.22. The van der Waals surface area contributed by atoms with Gasteiger partial charge in [0.25, 0.3) is 11.8 Å². The van der Waals surface area contributed by atoms with Crippen molar-refractivity contribution in [2.45, 2.75) is 32.0 Å². The van der Waals surface area contributed by atoms with Crippen molar-refractivity contribution in [2.75, 3.05) is 4.90 Å². The summed E-state index contributed by atoms with van der Waals surface area (Å²) in [6, 6.07) is 11.5. The molecule has 2 atom stereocenters. The average Bonchev–Trinajstić information content (AvgIpc) is 2.96. The van der Waals surface area contributed by atoms with E-state index in [-0.39, 0.29) is 17.2 Å². The molecule has 1 fully saturated rings. The quantitative estimate of drug-likeness (QED) is 0.760. The SMILES string of the molecule is C[C@H](NC(=O)c1cccc(N2C(=O)[C@@H]3Cc4ccccc4CN3C2=O)c1)C(=O)[O-]. The molecule has 0 bridgehead atoms. The molecule has 2 aliphatic heterocycles. The Morgan fingerprint density at radius 2 is 1.83 bits per heavy atom. The molecule has 29 heavy (non-hydrogen) atoms. The van der Waals surface area contributed by atoms with Crippen LogP contribution in [0.3, 0.4) is 0 Å². The molecule has 1 N–H and O–H groups in total. The smallest absolute Gasteiger partial charge is 0.332 e. The van der Waals surface area contributed by atoms with E-state index in [2.05, 4.69) is 5.32 Å². The lowest BCUT2D eigenvalue weighted by Crippen LogP contribution is -2.45. The van der Waals surface area contributed by atoms with Gasteiger partial charge in [-0.05, 0) is 36.2 Å². The molecular formula is C21H18N3O5-. The van der Waals surface area contributed by atoms with E-state index in [0.717, 1.165) is 16.0 Å². The van der Waals surface area contributed by atoms with Crippen molar-refractivity contribution in [1.29, 1.82) is 0 Å². The van der Waals surface area contributed by atoms with Crippen LogP contribution in [0.1, 0.15) is 28.4 Å². The van der Waals surface area contributed by atoms with Gasteiger partial charge in [0.2, 0.25) is 0 Å². The number of rotatable bonds is 4. The molecule has 0 aliphatic carbocycles. The summed E-state index contributed by atoms with van der Waals surface area (Å²) in [6.07, 6.45) is 0.445. The van der Waals surface area contributed by atoms with Gasteiger partial charge in [-0.15, -0.1) is 0 Å². The van der Waals surface area contributed by atoms with E-state index in [0.29, 0.717) is 13.0 Å². The molecule has 148 valence electrons. The first kappa shape index (κ1) is 18.7. The Morgan fingerprint density at radius 1 is 1.10 bits per heavy atom. The summed E-state index contributed by atoms with van der Waals surface area (Å²) in [6.45, 7) is 1.64. The summed E-state index contributed by atoms with van der Waals surface area (Å²) < 4.78 is 0. The Labute approximate surface area is 166 Å².